The lowest BCUT2D eigenvalue weighted by atomic mass is 9.61. The van der Waals surface area contributed by atoms with E-state index in [0.29, 0.717) is 5.92 Å². The second kappa shape index (κ2) is 3.76. The summed E-state index contributed by atoms with van der Waals surface area (Å²) in [7, 11) is 0. The van der Waals surface area contributed by atoms with Gasteiger partial charge < -0.3 is 5.11 Å². The van der Waals surface area contributed by atoms with E-state index in [9.17, 15) is 5.11 Å². The molecule has 0 saturated heterocycles. The molecule has 88 valence electrons. The van der Waals surface area contributed by atoms with Crippen molar-refractivity contribution in [2.75, 3.05) is 0 Å². The molecule has 0 heterocycles. The molecule has 2 rings (SSSR count). The van der Waals surface area contributed by atoms with Gasteiger partial charge in [-0.25, -0.2) is 0 Å². The van der Waals surface area contributed by atoms with E-state index >= 15 is 0 Å². The summed E-state index contributed by atoms with van der Waals surface area (Å²) in [6.07, 6.45) is 8.52. The Morgan fingerprint density at radius 1 is 1.20 bits per heavy atom. The molecule has 0 radical (unpaired) electrons. The second-order valence-electron chi connectivity index (χ2n) is 6.01. The predicted molar refractivity (Wildman–Crippen MR) is 63.7 cm³/mol. The van der Waals surface area contributed by atoms with E-state index in [1.165, 1.54) is 32.1 Å². The van der Waals surface area contributed by atoms with E-state index in [0.717, 1.165) is 18.8 Å². The largest absolute Gasteiger partial charge is 0.389 e. The third-order valence-corrected chi connectivity index (χ3v) is 5.64. The summed E-state index contributed by atoms with van der Waals surface area (Å²) in [5.74, 6) is 1.41. The maximum atomic E-state index is 11.0. The van der Waals surface area contributed by atoms with Crippen LogP contribution in [0.5, 0.6) is 0 Å². The summed E-state index contributed by atoms with van der Waals surface area (Å²) in [4.78, 5) is 0. The molecule has 1 nitrogen and oxygen atoms in total. The molecule has 1 heteroatoms. The van der Waals surface area contributed by atoms with Crippen molar-refractivity contribution in [3.63, 3.8) is 0 Å². The van der Waals surface area contributed by atoms with Gasteiger partial charge in [-0.3, -0.25) is 0 Å². The maximum absolute atomic E-state index is 11.0. The third-order valence-electron chi connectivity index (χ3n) is 5.64. The topological polar surface area (TPSA) is 20.2 Å². The third kappa shape index (κ3) is 1.39. The lowest BCUT2D eigenvalue weighted by Crippen LogP contribution is -2.50. The summed E-state index contributed by atoms with van der Waals surface area (Å²) < 4.78 is 0. The van der Waals surface area contributed by atoms with E-state index < -0.39 is 0 Å². The van der Waals surface area contributed by atoms with Crippen LogP contribution in [0.1, 0.15) is 65.7 Å². The van der Waals surface area contributed by atoms with Crippen LogP contribution in [-0.2, 0) is 0 Å². The molecule has 2 aliphatic carbocycles. The second-order valence-corrected chi connectivity index (χ2v) is 6.01. The van der Waals surface area contributed by atoms with Crippen molar-refractivity contribution in [3.05, 3.63) is 0 Å². The summed E-state index contributed by atoms with van der Waals surface area (Å²) in [5.41, 5.74) is -0.119. The molecule has 0 aromatic carbocycles. The predicted octanol–water partition coefficient (Wildman–Crippen LogP) is 3.75. The minimum absolute atomic E-state index is 0.213. The molecule has 0 aliphatic heterocycles. The summed E-state index contributed by atoms with van der Waals surface area (Å²) in [6, 6.07) is 0. The Morgan fingerprint density at radius 3 is 2.47 bits per heavy atom. The van der Waals surface area contributed by atoms with Gasteiger partial charge in [-0.05, 0) is 49.4 Å². The molecule has 2 fully saturated rings. The first-order valence-electron chi connectivity index (χ1n) is 6.81. The van der Waals surface area contributed by atoms with E-state index in [1.54, 1.807) is 0 Å². The zero-order valence-electron chi connectivity index (χ0n) is 10.6. The van der Waals surface area contributed by atoms with Gasteiger partial charge in [0.2, 0.25) is 0 Å². The van der Waals surface area contributed by atoms with Crippen molar-refractivity contribution in [2.24, 2.45) is 17.3 Å². The fourth-order valence-corrected chi connectivity index (χ4v) is 4.34. The summed E-state index contributed by atoms with van der Waals surface area (Å²) >= 11 is 0. The van der Waals surface area contributed by atoms with Crippen LogP contribution in [0.3, 0.4) is 0 Å². The molecule has 2 bridgehead atoms. The molecule has 1 N–H and O–H groups in total. The molecular formula is C14H26O. The number of unbranched alkanes of at least 4 members (excludes halogenated alkanes) is 1. The van der Waals surface area contributed by atoms with Crippen molar-refractivity contribution >= 4 is 0 Å². The van der Waals surface area contributed by atoms with Crippen molar-refractivity contribution in [2.45, 2.75) is 71.3 Å². The van der Waals surface area contributed by atoms with Crippen LogP contribution in [0.2, 0.25) is 0 Å². The molecule has 0 aromatic heterocycles. The Kier molecular flexibility index (Phi) is 2.87. The average Bonchev–Trinajstić information content (AvgIpc) is 2.79. The van der Waals surface area contributed by atoms with Gasteiger partial charge in [0.1, 0.15) is 0 Å². The fourth-order valence-electron chi connectivity index (χ4n) is 4.34. The van der Waals surface area contributed by atoms with Crippen LogP contribution >= 0.6 is 0 Å². The van der Waals surface area contributed by atoms with Gasteiger partial charge in [-0.2, -0.15) is 0 Å². The van der Waals surface area contributed by atoms with Crippen LogP contribution in [0.15, 0.2) is 0 Å². The fraction of sp³-hybridized carbons (Fsp3) is 1.00. The zero-order valence-corrected chi connectivity index (χ0v) is 10.6. The van der Waals surface area contributed by atoms with E-state index in [-0.39, 0.29) is 11.0 Å². The van der Waals surface area contributed by atoms with Crippen molar-refractivity contribution < 1.29 is 5.11 Å². The minimum atomic E-state index is -0.333. The molecule has 2 aliphatic rings. The molecule has 0 amide bonds. The lowest BCUT2D eigenvalue weighted by molar-refractivity contribution is -0.123. The Morgan fingerprint density at radius 2 is 1.87 bits per heavy atom. The number of hydrogen-bond acceptors (Lipinski definition) is 1. The normalized spacial score (nSPS) is 48.8. The van der Waals surface area contributed by atoms with Crippen LogP contribution in [-0.4, -0.2) is 10.7 Å². The first-order valence-corrected chi connectivity index (χ1v) is 6.81. The Hall–Kier alpha value is -0.0400. The zero-order chi connectivity index (χ0) is 11.1. The summed E-state index contributed by atoms with van der Waals surface area (Å²) in [6.45, 7) is 6.82. The smallest absolute Gasteiger partial charge is 0.0731 e. The number of aliphatic hydroxyl groups is 1. The van der Waals surface area contributed by atoms with Gasteiger partial charge in [0.25, 0.3) is 0 Å². The molecule has 2 saturated carbocycles. The first-order chi connectivity index (χ1) is 7.08. The molecular weight excluding hydrogens is 184 g/mol. The summed E-state index contributed by atoms with van der Waals surface area (Å²) in [5, 5.41) is 11.0. The SMILES string of the molecule is CCCC[C@]1(O)[C@H]2CC[C@H](C2)[C@]1(C)CC. The van der Waals surface area contributed by atoms with E-state index in [2.05, 4.69) is 20.8 Å². The highest BCUT2D eigenvalue weighted by Gasteiger charge is 2.62. The lowest BCUT2D eigenvalue weighted by Gasteiger charge is -2.48. The van der Waals surface area contributed by atoms with Crippen molar-refractivity contribution in [1.82, 2.24) is 0 Å². The number of hydrogen-bond donors (Lipinski definition) is 1. The van der Waals surface area contributed by atoms with Crippen molar-refractivity contribution in [3.8, 4) is 0 Å². The van der Waals surface area contributed by atoms with E-state index in [4.69, 9.17) is 0 Å². The number of fused-ring (bicyclic) bond motifs is 2. The first kappa shape index (κ1) is 11.4. The maximum Gasteiger partial charge on any atom is 0.0731 e. The molecule has 15 heavy (non-hydrogen) atoms. The number of rotatable bonds is 4. The van der Waals surface area contributed by atoms with E-state index in [1.807, 2.05) is 0 Å². The van der Waals surface area contributed by atoms with Crippen molar-refractivity contribution in [1.29, 1.82) is 0 Å². The van der Waals surface area contributed by atoms with Gasteiger partial charge >= 0.3 is 0 Å². The highest BCUT2D eigenvalue weighted by Crippen LogP contribution is 2.64. The van der Waals surface area contributed by atoms with Gasteiger partial charge in [-0.1, -0.05) is 33.6 Å². The van der Waals surface area contributed by atoms with Gasteiger partial charge in [0.05, 0.1) is 5.60 Å². The van der Waals surface area contributed by atoms with Crippen LogP contribution in [0, 0.1) is 17.3 Å². The van der Waals surface area contributed by atoms with Crippen LogP contribution in [0.4, 0.5) is 0 Å². The Balaban J connectivity index is 2.20. The molecule has 4 atom stereocenters. The Bertz CT molecular complexity index is 237. The monoisotopic (exact) mass is 210 g/mol. The minimum Gasteiger partial charge on any atom is -0.389 e. The molecule has 0 unspecified atom stereocenters. The van der Waals surface area contributed by atoms with Gasteiger partial charge in [-0.15, -0.1) is 0 Å². The van der Waals surface area contributed by atoms with Crippen LogP contribution < -0.4 is 0 Å². The highest BCUT2D eigenvalue weighted by atomic mass is 16.3. The quantitative estimate of drug-likeness (QED) is 0.749. The van der Waals surface area contributed by atoms with Gasteiger partial charge in [0, 0.05) is 0 Å². The molecule has 0 aromatic rings. The highest BCUT2D eigenvalue weighted by molar-refractivity contribution is 5.12. The standard InChI is InChI=1S/C14H26O/c1-4-6-9-14(15)12-8-7-11(10-12)13(14,3)5-2/h11-12,15H,4-10H2,1-3H3/t11-,12+,13+,14+/m1/s1. The average molecular weight is 210 g/mol. The Labute approximate surface area is 94.3 Å². The molecule has 0 spiro atoms. The van der Waals surface area contributed by atoms with Gasteiger partial charge in [0.15, 0.2) is 0 Å². The van der Waals surface area contributed by atoms with Crippen LogP contribution in [0.25, 0.3) is 0 Å².